The molecule has 3 aromatic rings. The molecule has 1 N–H and O–H groups in total. The van der Waals surface area contributed by atoms with Gasteiger partial charge in [-0.05, 0) is 35.9 Å². The zero-order chi connectivity index (χ0) is 19.5. The molecule has 0 radical (unpaired) electrons. The molecule has 0 saturated heterocycles. The fourth-order valence-corrected chi connectivity index (χ4v) is 3.28. The molecule has 7 heteroatoms. The molecule has 0 unspecified atom stereocenters. The molecule has 2 heterocycles. The van der Waals surface area contributed by atoms with Gasteiger partial charge in [-0.1, -0.05) is 24.3 Å². The lowest BCUT2D eigenvalue weighted by Crippen LogP contribution is -2.36. The van der Waals surface area contributed by atoms with Gasteiger partial charge in [-0.25, -0.2) is 9.59 Å². The van der Waals surface area contributed by atoms with Crippen LogP contribution in [-0.4, -0.2) is 33.6 Å². The number of hydrogen-bond donors (Lipinski definition) is 1. The summed E-state index contributed by atoms with van der Waals surface area (Å²) in [4.78, 5) is 29.1. The molecule has 0 spiro atoms. The minimum absolute atomic E-state index is 0.152. The summed E-state index contributed by atoms with van der Waals surface area (Å²) in [6, 6.07) is 16.5. The van der Waals surface area contributed by atoms with Crippen molar-refractivity contribution in [1.29, 1.82) is 5.26 Å². The lowest BCUT2D eigenvalue weighted by molar-refractivity contribution is 0.0996. The van der Waals surface area contributed by atoms with Crippen LogP contribution in [0, 0.1) is 11.3 Å². The van der Waals surface area contributed by atoms with Crippen molar-refractivity contribution in [3.8, 4) is 6.07 Å². The Bertz CT molecular complexity index is 1150. The van der Waals surface area contributed by atoms with Crippen molar-refractivity contribution < 1.29 is 9.53 Å². The van der Waals surface area contributed by atoms with Crippen molar-refractivity contribution >= 4 is 22.8 Å². The molecule has 7 nitrogen and oxygen atoms in total. The number of para-hydroxylation sites is 2. The third-order valence-corrected chi connectivity index (χ3v) is 4.77. The number of amides is 1. The number of nitrogens with zero attached hydrogens (tertiary/aromatic N) is 3. The van der Waals surface area contributed by atoms with E-state index in [0.29, 0.717) is 25.1 Å². The minimum atomic E-state index is -0.397. The summed E-state index contributed by atoms with van der Waals surface area (Å²) in [5.41, 5.74) is 3.71. The second-order valence-electron chi connectivity index (χ2n) is 6.54. The van der Waals surface area contributed by atoms with Crippen LogP contribution in [0.4, 0.5) is 4.79 Å². The molecule has 4 rings (SSSR count). The number of aromatic nitrogens is 2. The van der Waals surface area contributed by atoms with Crippen LogP contribution >= 0.6 is 0 Å². The molecule has 1 amide bonds. The van der Waals surface area contributed by atoms with Gasteiger partial charge in [0.15, 0.2) is 0 Å². The molecular formula is C21H18N4O3. The van der Waals surface area contributed by atoms with Crippen LogP contribution in [0.3, 0.4) is 0 Å². The Hall–Kier alpha value is -3.79. The molecular weight excluding hydrogens is 356 g/mol. The van der Waals surface area contributed by atoms with Gasteiger partial charge in [0.25, 0.3) is 0 Å². The highest BCUT2D eigenvalue weighted by Crippen LogP contribution is 2.20. The first-order valence-electron chi connectivity index (χ1n) is 8.95. The molecule has 0 bridgehead atoms. The van der Waals surface area contributed by atoms with E-state index < -0.39 is 6.09 Å². The summed E-state index contributed by atoms with van der Waals surface area (Å²) in [5, 5.41) is 8.81. The highest BCUT2D eigenvalue weighted by atomic mass is 16.6. The van der Waals surface area contributed by atoms with Crippen LogP contribution in [0.5, 0.6) is 0 Å². The van der Waals surface area contributed by atoms with E-state index in [1.807, 2.05) is 30.3 Å². The van der Waals surface area contributed by atoms with Gasteiger partial charge >= 0.3 is 11.8 Å². The molecule has 140 valence electrons. The highest BCUT2D eigenvalue weighted by molar-refractivity contribution is 5.79. The van der Waals surface area contributed by atoms with Gasteiger partial charge in [0.2, 0.25) is 0 Å². The normalized spacial score (nSPS) is 13.8. The van der Waals surface area contributed by atoms with Crippen LogP contribution in [0.1, 0.15) is 17.5 Å². The van der Waals surface area contributed by atoms with E-state index in [4.69, 9.17) is 10.00 Å². The molecule has 1 aromatic heterocycles. The standard InChI is InChI=1S/C21H18N4O3/c22-13-15-5-7-16(8-6-15)14-28-21(27)24-11-9-17(10-12-24)25-19-4-2-1-3-18(19)23-20(25)26/h1-9H,10-12,14H2,(H,23,26). The summed E-state index contributed by atoms with van der Waals surface area (Å²) in [7, 11) is 0. The van der Waals surface area contributed by atoms with Crippen molar-refractivity contribution in [2.24, 2.45) is 0 Å². The van der Waals surface area contributed by atoms with Crippen molar-refractivity contribution in [3.05, 3.63) is 76.2 Å². The third kappa shape index (κ3) is 3.40. The molecule has 0 saturated carbocycles. The van der Waals surface area contributed by atoms with E-state index in [1.54, 1.807) is 33.7 Å². The fourth-order valence-electron chi connectivity index (χ4n) is 3.28. The van der Waals surface area contributed by atoms with Crippen LogP contribution in [-0.2, 0) is 11.3 Å². The average Bonchev–Trinajstić information content (AvgIpc) is 3.08. The first kappa shape index (κ1) is 17.6. The summed E-state index contributed by atoms with van der Waals surface area (Å²) in [6.07, 6.45) is 2.05. The Kier molecular flexibility index (Phi) is 4.68. The Morgan fingerprint density at radius 3 is 2.68 bits per heavy atom. The molecule has 1 aliphatic rings. The molecule has 28 heavy (non-hydrogen) atoms. The van der Waals surface area contributed by atoms with Crippen molar-refractivity contribution in [2.75, 3.05) is 13.1 Å². The quantitative estimate of drug-likeness (QED) is 0.763. The van der Waals surface area contributed by atoms with Gasteiger partial charge in [0.1, 0.15) is 6.61 Å². The van der Waals surface area contributed by atoms with Gasteiger partial charge in [-0.2, -0.15) is 5.26 Å². The lowest BCUT2D eigenvalue weighted by Gasteiger charge is -2.26. The van der Waals surface area contributed by atoms with Crippen LogP contribution in [0.2, 0.25) is 0 Å². The molecule has 0 atom stereocenters. The Labute approximate surface area is 161 Å². The number of rotatable bonds is 3. The lowest BCUT2D eigenvalue weighted by atomic mass is 10.2. The first-order chi connectivity index (χ1) is 13.7. The second kappa shape index (κ2) is 7.45. The average molecular weight is 374 g/mol. The van der Waals surface area contributed by atoms with E-state index in [1.165, 1.54) is 0 Å². The second-order valence-corrected chi connectivity index (χ2v) is 6.54. The zero-order valence-electron chi connectivity index (χ0n) is 15.1. The van der Waals surface area contributed by atoms with E-state index >= 15 is 0 Å². The zero-order valence-corrected chi connectivity index (χ0v) is 15.1. The van der Waals surface area contributed by atoms with E-state index in [2.05, 4.69) is 11.1 Å². The number of nitrogens with one attached hydrogen (secondary N) is 1. The van der Waals surface area contributed by atoms with Crippen molar-refractivity contribution in [1.82, 2.24) is 14.5 Å². The van der Waals surface area contributed by atoms with Gasteiger partial charge in [0.05, 0.1) is 22.7 Å². The number of fused-ring (bicyclic) bond motifs is 1. The number of H-pyrrole nitrogens is 1. The number of imidazole rings is 1. The number of hydrogen-bond acceptors (Lipinski definition) is 4. The Morgan fingerprint density at radius 2 is 1.96 bits per heavy atom. The van der Waals surface area contributed by atoms with Crippen LogP contribution in [0.15, 0.2) is 59.4 Å². The Morgan fingerprint density at radius 1 is 1.18 bits per heavy atom. The van der Waals surface area contributed by atoms with Gasteiger partial charge in [-0.15, -0.1) is 0 Å². The topological polar surface area (TPSA) is 91.1 Å². The third-order valence-electron chi connectivity index (χ3n) is 4.77. The summed E-state index contributed by atoms with van der Waals surface area (Å²) < 4.78 is 7.02. The van der Waals surface area contributed by atoms with Crippen molar-refractivity contribution in [3.63, 3.8) is 0 Å². The van der Waals surface area contributed by atoms with Crippen LogP contribution < -0.4 is 5.69 Å². The number of ether oxygens (including phenoxy) is 1. The number of benzene rings is 2. The smallest absolute Gasteiger partial charge is 0.410 e. The molecule has 1 aliphatic heterocycles. The largest absolute Gasteiger partial charge is 0.445 e. The Balaban J connectivity index is 1.41. The molecule has 0 fully saturated rings. The number of aromatic amines is 1. The SMILES string of the molecule is N#Cc1ccc(COC(=O)N2CC=C(n3c(=O)[nH]c4ccccc43)CC2)cc1. The van der Waals surface area contributed by atoms with Gasteiger partial charge in [0, 0.05) is 25.2 Å². The summed E-state index contributed by atoms with van der Waals surface area (Å²) in [5.74, 6) is 0. The predicted molar refractivity (Wildman–Crippen MR) is 104 cm³/mol. The molecule has 0 aliphatic carbocycles. The first-order valence-corrected chi connectivity index (χ1v) is 8.95. The van der Waals surface area contributed by atoms with Crippen LogP contribution in [0.25, 0.3) is 16.7 Å². The number of nitriles is 1. The van der Waals surface area contributed by atoms with Crippen molar-refractivity contribution in [2.45, 2.75) is 13.0 Å². The number of carbonyl (C=O) groups is 1. The van der Waals surface area contributed by atoms with Gasteiger partial charge < -0.3 is 14.6 Å². The summed E-state index contributed by atoms with van der Waals surface area (Å²) >= 11 is 0. The maximum atomic E-state index is 12.3. The van der Waals surface area contributed by atoms with Gasteiger partial charge in [-0.3, -0.25) is 4.57 Å². The highest BCUT2D eigenvalue weighted by Gasteiger charge is 2.21. The minimum Gasteiger partial charge on any atom is -0.445 e. The fraction of sp³-hybridized carbons (Fsp3) is 0.190. The maximum Gasteiger partial charge on any atom is 0.410 e. The van der Waals surface area contributed by atoms with E-state index in [0.717, 1.165) is 22.3 Å². The summed E-state index contributed by atoms with van der Waals surface area (Å²) in [6.45, 7) is 1.01. The number of carbonyl (C=O) groups excluding carboxylic acids is 1. The molecule has 2 aromatic carbocycles. The predicted octanol–water partition coefficient (Wildman–Crippen LogP) is 3.08. The van der Waals surface area contributed by atoms with E-state index in [9.17, 15) is 9.59 Å². The van der Waals surface area contributed by atoms with E-state index in [-0.39, 0.29) is 12.3 Å². The monoisotopic (exact) mass is 374 g/mol. The maximum absolute atomic E-state index is 12.3.